The summed E-state index contributed by atoms with van der Waals surface area (Å²) < 4.78 is 53.0. The topological polar surface area (TPSA) is 204 Å². The van der Waals surface area contributed by atoms with Crippen LogP contribution in [0.3, 0.4) is 0 Å². The zero-order valence-electron chi connectivity index (χ0n) is 35.8. The minimum atomic E-state index is -1.22. The maximum absolute atomic E-state index is 14.0. The van der Waals surface area contributed by atoms with Crippen molar-refractivity contribution in [2.75, 3.05) is 19.5 Å². The minimum absolute atomic E-state index is 0.153. The van der Waals surface area contributed by atoms with Crippen LogP contribution < -0.4 is 27.2 Å². The number of benzene rings is 3. The lowest BCUT2D eigenvalue weighted by Crippen LogP contribution is -2.41. The third-order valence-electron chi connectivity index (χ3n) is 11.9. The molecule has 4 aliphatic rings. The van der Waals surface area contributed by atoms with Crippen molar-refractivity contribution < 1.29 is 43.0 Å². The highest BCUT2D eigenvalue weighted by Gasteiger charge is 2.58. The van der Waals surface area contributed by atoms with Crippen molar-refractivity contribution in [1.29, 1.82) is 0 Å². The molecule has 5 aromatic rings. The number of hydrogen-bond acceptors (Lipinski definition) is 14. The number of ether oxygens (including phenoxy) is 8. The molecule has 0 unspecified atom stereocenters. The fraction of sp³-hybridized carbons (Fsp3) is 0.435. The molecule has 0 radical (unpaired) electrons. The van der Waals surface area contributed by atoms with Crippen LogP contribution in [0.4, 0.5) is 0 Å². The highest BCUT2D eigenvalue weighted by molar-refractivity contribution is 7.98. The van der Waals surface area contributed by atoms with Gasteiger partial charge in [-0.25, -0.2) is 9.59 Å². The molecule has 338 valence electrons. The van der Waals surface area contributed by atoms with Crippen LogP contribution in [0.15, 0.2) is 116 Å². The normalized spacial score (nSPS) is 26.8. The van der Waals surface area contributed by atoms with Gasteiger partial charge in [-0.1, -0.05) is 72.8 Å². The van der Waals surface area contributed by atoms with E-state index in [4.69, 9.17) is 37.9 Å². The summed E-state index contributed by atoms with van der Waals surface area (Å²) in [4.78, 5) is 58.0. The van der Waals surface area contributed by atoms with Crippen LogP contribution in [0.25, 0.3) is 0 Å². The number of aromatic amines is 2. The second-order valence-corrected chi connectivity index (χ2v) is 18.0. The fourth-order valence-electron chi connectivity index (χ4n) is 9.28. The Hall–Kier alpha value is -5.15. The number of nitrogens with zero attached hydrogens (tertiary/aromatic N) is 2. The molecular formula is C46H50N4O13S. The summed E-state index contributed by atoms with van der Waals surface area (Å²) in [7, 11) is 1.60. The van der Waals surface area contributed by atoms with E-state index in [-0.39, 0.29) is 30.4 Å². The maximum Gasteiger partial charge on any atom is 0.330 e. The number of aliphatic hydroxyl groups is 1. The van der Waals surface area contributed by atoms with Gasteiger partial charge in [0.15, 0.2) is 24.0 Å². The molecule has 6 heterocycles. The molecular weight excluding hydrogens is 849 g/mol. The summed E-state index contributed by atoms with van der Waals surface area (Å²) in [6.45, 7) is 6.44. The van der Waals surface area contributed by atoms with Crippen molar-refractivity contribution in [3.8, 4) is 5.75 Å². The van der Waals surface area contributed by atoms with Crippen molar-refractivity contribution in [2.24, 2.45) is 0 Å². The van der Waals surface area contributed by atoms with Gasteiger partial charge in [-0.3, -0.25) is 28.7 Å². The monoisotopic (exact) mass is 898 g/mol. The van der Waals surface area contributed by atoms with Gasteiger partial charge >= 0.3 is 11.4 Å². The van der Waals surface area contributed by atoms with E-state index in [1.54, 1.807) is 34.8 Å². The van der Waals surface area contributed by atoms with E-state index < -0.39 is 88.8 Å². The molecule has 4 fully saturated rings. The van der Waals surface area contributed by atoms with Gasteiger partial charge < -0.3 is 43.0 Å². The Morgan fingerprint density at radius 2 is 1.12 bits per heavy atom. The van der Waals surface area contributed by atoms with Crippen LogP contribution in [0, 0.1) is 0 Å². The van der Waals surface area contributed by atoms with Gasteiger partial charge in [-0.15, -0.1) is 0 Å². The molecule has 9 rings (SSSR count). The van der Waals surface area contributed by atoms with E-state index in [1.165, 1.54) is 33.0 Å². The van der Waals surface area contributed by atoms with Crippen molar-refractivity contribution in [3.63, 3.8) is 0 Å². The first-order valence-corrected chi connectivity index (χ1v) is 22.2. The number of thioether (sulfide) groups is 1. The predicted octanol–water partition coefficient (Wildman–Crippen LogP) is 3.66. The Morgan fingerprint density at radius 3 is 1.66 bits per heavy atom. The SMILES string of the molecule is COc1ccc(C(OCc2cc(=O)[nH]c(=O)n2[C@@H]2O[C@H](CSCc3cc(=O)[nH]c(=O)n3[C@@H]3O[C@H](CO)[C@H]4OC(C)(C)O[C@H]43)[C@H]3OC(C)(C)O[C@H]32)(c2ccccc2)c2ccccc2)cc1. The van der Waals surface area contributed by atoms with Crippen LogP contribution in [0.5, 0.6) is 5.75 Å². The maximum atomic E-state index is 14.0. The fourth-order valence-corrected chi connectivity index (χ4v) is 10.3. The van der Waals surface area contributed by atoms with Gasteiger partial charge in [0.1, 0.15) is 41.9 Å². The molecule has 8 atom stereocenters. The van der Waals surface area contributed by atoms with Gasteiger partial charge in [0.25, 0.3) is 11.1 Å². The summed E-state index contributed by atoms with van der Waals surface area (Å²) in [6.07, 6.45) is -6.32. The van der Waals surface area contributed by atoms with Crippen molar-refractivity contribution >= 4 is 11.8 Å². The molecule has 64 heavy (non-hydrogen) atoms. The number of fused-ring (bicyclic) bond motifs is 2. The van der Waals surface area contributed by atoms with Crippen molar-refractivity contribution in [2.45, 2.75) is 106 Å². The Kier molecular flexibility index (Phi) is 11.9. The average molecular weight is 899 g/mol. The quantitative estimate of drug-likeness (QED) is 0.136. The zero-order chi connectivity index (χ0) is 45.0. The van der Waals surface area contributed by atoms with Gasteiger partial charge in [0.05, 0.1) is 32.1 Å². The van der Waals surface area contributed by atoms with E-state index in [9.17, 15) is 24.3 Å². The summed E-state index contributed by atoms with van der Waals surface area (Å²) >= 11 is 1.36. The van der Waals surface area contributed by atoms with Crippen molar-refractivity contribution in [1.82, 2.24) is 19.1 Å². The van der Waals surface area contributed by atoms with Gasteiger partial charge in [-0.05, 0) is 56.5 Å². The molecule has 17 nitrogen and oxygen atoms in total. The molecule has 4 aliphatic heterocycles. The lowest BCUT2D eigenvalue weighted by atomic mass is 9.80. The third-order valence-corrected chi connectivity index (χ3v) is 12.9. The summed E-state index contributed by atoms with van der Waals surface area (Å²) in [5.41, 5.74) is -0.898. The second kappa shape index (κ2) is 17.3. The van der Waals surface area contributed by atoms with Crippen LogP contribution >= 0.6 is 11.8 Å². The molecule has 2 aromatic heterocycles. The van der Waals surface area contributed by atoms with Crippen LogP contribution in [0.2, 0.25) is 0 Å². The predicted molar refractivity (Wildman–Crippen MR) is 232 cm³/mol. The highest BCUT2D eigenvalue weighted by Crippen LogP contribution is 2.46. The molecule has 4 saturated heterocycles. The number of rotatable bonds is 14. The van der Waals surface area contributed by atoms with Crippen LogP contribution in [-0.2, 0) is 51.1 Å². The van der Waals surface area contributed by atoms with Gasteiger partial charge in [-0.2, -0.15) is 11.8 Å². The number of H-pyrrole nitrogens is 2. The molecule has 0 saturated carbocycles. The van der Waals surface area contributed by atoms with Gasteiger partial charge in [0, 0.05) is 29.3 Å². The van der Waals surface area contributed by atoms with E-state index in [2.05, 4.69) is 9.97 Å². The Bertz CT molecular complexity index is 2660. The van der Waals surface area contributed by atoms with E-state index >= 15 is 0 Å². The first kappa shape index (κ1) is 44.1. The van der Waals surface area contributed by atoms with Crippen molar-refractivity contribution in [3.05, 3.63) is 167 Å². The van der Waals surface area contributed by atoms with Gasteiger partial charge in [0.2, 0.25) is 0 Å². The number of nitrogens with one attached hydrogen (secondary N) is 2. The Labute approximate surface area is 371 Å². The molecule has 0 bridgehead atoms. The average Bonchev–Trinajstić information content (AvgIpc) is 3.97. The highest BCUT2D eigenvalue weighted by atomic mass is 32.2. The standard InChI is InChI=1S/C46H50N4O13S/c1-44(2)60-36-32(22-51)58-41(38(36)62-44)50-30(21-35(53)48-43(50)55)24-64-25-33-37-39(63-45(3,4)61-37)40(59-33)49-29(20-34(52)47-42(49)54)23-57-46(26-12-8-6-9-13-26,27-14-10-7-11-15-27)28-16-18-31(56-5)19-17-28/h6-21,32-33,36-41,51H,22-25H2,1-5H3,(H,47,52,54)(H,48,53,55)/t32-,33-,36-,37-,38-,39-,40-,41-/m1/s1. The first-order valence-electron chi connectivity index (χ1n) is 21.0. The number of methoxy groups -OCH3 is 1. The molecule has 18 heteroatoms. The molecule has 0 amide bonds. The third kappa shape index (κ3) is 8.22. The summed E-state index contributed by atoms with van der Waals surface area (Å²) in [5, 5.41) is 10.1. The molecule has 3 N–H and O–H groups in total. The number of hydrogen-bond donors (Lipinski definition) is 3. The largest absolute Gasteiger partial charge is 0.497 e. The summed E-state index contributed by atoms with van der Waals surface area (Å²) in [5.74, 6) is -0.962. The van der Waals surface area contributed by atoms with Crippen LogP contribution in [0.1, 0.15) is 68.2 Å². The van der Waals surface area contributed by atoms with E-state index in [1.807, 2.05) is 84.9 Å². The summed E-state index contributed by atoms with van der Waals surface area (Å²) in [6, 6.07) is 29.6. The molecule has 0 aliphatic carbocycles. The smallest absolute Gasteiger partial charge is 0.330 e. The minimum Gasteiger partial charge on any atom is -0.497 e. The lowest BCUT2D eigenvalue weighted by molar-refractivity contribution is -0.200. The molecule has 3 aromatic carbocycles. The molecule has 0 spiro atoms. The van der Waals surface area contributed by atoms with E-state index in [0.717, 1.165) is 16.7 Å². The Balaban J connectivity index is 1.02. The van der Waals surface area contributed by atoms with Crippen LogP contribution in [-0.4, -0.2) is 91.9 Å². The first-order chi connectivity index (χ1) is 30.7. The second-order valence-electron chi connectivity index (χ2n) is 17.0. The number of aliphatic hydroxyl groups excluding tert-OH is 1. The lowest BCUT2D eigenvalue weighted by Gasteiger charge is -2.36. The Morgan fingerprint density at radius 1 is 0.656 bits per heavy atom. The number of aromatic nitrogens is 4. The zero-order valence-corrected chi connectivity index (χ0v) is 36.7. The van der Waals surface area contributed by atoms with E-state index in [0.29, 0.717) is 11.4 Å².